The summed E-state index contributed by atoms with van der Waals surface area (Å²) >= 11 is 0. The summed E-state index contributed by atoms with van der Waals surface area (Å²) in [7, 11) is 0. The molecule has 0 fully saturated rings. The fourth-order valence-corrected chi connectivity index (χ4v) is 1.59. The molecule has 2 heterocycles. The number of hydrogen-bond donors (Lipinski definition) is 6. The summed E-state index contributed by atoms with van der Waals surface area (Å²) < 4.78 is 0. The number of rotatable bonds is 4. The second-order valence-electron chi connectivity index (χ2n) is 4.09. The van der Waals surface area contributed by atoms with E-state index in [0.29, 0.717) is 0 Å². The van der Waals surface area contributed by atoms with Crippen LogP contribution in [0.1, 0.15) is 11.8 Å². The van der Waals surface area contributed by atoms with E-state index in [1.54, 1.807) is 0 Å². The van der Waals surface area contributed by atoms with Crippen LogP contribution >= 0.6 is 0 Å². The van der Waals surface area contributed by atoms with Gasteiger partial charge in [0.05, 0.1) is 18.5 Å². The van der Waals surface area contributed by atoms with Crippen LogP contribution in [-0.2, 0) is 0 Å². The Morgan fingerprint density at radius 3 is 2.55 bits per heavy atom. The van der Waals surface area contributed by atoms with Crippen LogP contribution in [0, 0.1) is 0 Å². The molecule has 0 saturated heterocycles. The van der Waals surface area contributed by atoms with Crippen molar-refractivity contribution in [2.24, 2.45) is 0 Å². The molecular weight excluding hydrogens is 272 g/mol. The molecule has 20 heavy (non-hydrogen) atoms. The summed E-state index contributed by atoms with van der Waals surface area (Å²) in [6.07, 6.45) is -3.88. The zero-order chi connectivity index (χ0) is 14.9. The second-order valence-corrected chi connectivity index (χ2v) is 4.09. The summed E-state index contributed by atoms with van der Waals surface area (Å²) in [5.41, 5.74) is -2.01. The molecule has 0 aliphatic heterocycles. The van der Waals surface area contributed by atoms with Gasteiger partial charge in [-0.1, -0.05) is 0 Å². The average Bonchev–Trinajstić information content (AvgIpc) is 2.43. The molecule has 0 aliphatic carbocycles. The van der Waals surface area contributed by atoms with E-state index in [2.05, 4.69) is 15.0 Å². The van der Waals surface area contributed by atoms with Crippen molar-refractivity contribution in [3.8, 4) is 0 Å². The van der Waals surface area contributed by atoms with E-state index in [1.807, 2.05) is 4.98 Å². The van der Waals surface area contributed by atoms with Crippen LogP contribution in [-0.4, -0.2) is 59.2 Å². The molecule has 0 aromatic carbocycles. The minimum Gasteiger partial charge on any atom is -0.394 e. The molecule has 0 spiro atoms. The summed E-state index contributed by atoms with van der Waals surface area (Å²) in [6, 6.07) is 0. The zero-order valence-corrected chi connectivity index (χ0v) is 10.0. The van der Waals surface area contributed by atoms with Gasteiger partial charge in [-0.2, -0.15) is 0 Å². The molecule has 2 rings (SSSR count). The molecule has 2 aromatic rings. The van der Waals surface area contributed by atoms with E-state index in [1.165, 1.54) is 0 Å². The summed E-state index contributed by atoms with van der Waals surface area (Å²) in [5.74, 6) is 0. The predicted molar refractivity (Wildman–Crippen MR) is 64.8 cm³/mol. The highest BCUT2D eigenvalue weighted by Crippen LogP contribution is 2.17. The van der Waals surface area contributed by atoms with E-state index in [0.717, 1.165) is 6.20 Å². The normalized spacial score (nSPS) is 16.0. The number of H-pyrrole nitrogens is 2. The molecule has 10 heteroatoms. The molecule has 0 radical (unpaired) electrons. The van der Waals surface area contributed by atoms with Crippen LogP contribution in [0.15, 0.2) is 15.8 Å². The Morgan fingerprint density at radius 2 is 1.90 bits per heavy atom. The molecule has 0 saturated carbocycles. The van der Waals surface area contributed by atoms with E-state index in [9.17, 15) is 24.9 Å². The van der Waals surface area contributed by atoms with Crippen LogP contribution in [0.3, 0.4) is 0 Å². The molecule has 2 aromatic heterocycles. The van der Waals surface area contributed by atoms with Gasteiger partial charge in [0.1, 0.15) is 18.3 Å². The predicted octanol–water partition coefficient (Wildman–Crippen LogP) is -3.25. The monoisotopic (exact) mass is 284 g/mol. The van der Waals surface area contributed by atoms with Crippen LogP contribution in [0.25, 0.3) is 11.2 Å². The number of aromatic nitrogens is 4. The molecule has 0 amide bonds. The van der Waals surface area contributed by atoms with Gasteiger partial charge in [-0.3, -0.25) is 14.8 Å². The molecule has 0 aliphatic rings. The highest BCUT2D eigenvalue weighted by atomic mass is 16.4. The lowest BCUT2D eigenvalue weighted by atomic mass is 10.1. The first-order valence-electron chi connectivity index (χ1n) is 5.58. The van der Waals surface area contributed by atoms with Gasteiger partial charge < -0.3 is 20.4 Å². The Bertz CT molecular complexity index is 725. The van der Waals surface area contributed by atoms with Gasteiger partial charge in [0, 0.05) is 0 Å². The van der Waals surface area contributed by atoms with Gasteiger partial charge in [-0.05, 0) is 0 Å². The maximum atomic E-state index is 11.4. The highest BCUT2D eigenvalue weighted by Gasteiger charge is 2.27. The molecule has 6 N–H and O–H groups in total. The van der Waals surface area contributed by atoms with Crippen molar-refractivity contribution in [1.29, 1.82) is 0 Å². The van der Waals surface area contributed by atoms with Gasteiger partial charge in [-0.25, -0.2) is 14.8 Å². The third-order valence-electron chi connectivity index (χ3n) is 2.67. The highest BCUT2D eigenvalue weighted by molar-refractivity contribution is 5.67. The van der Waals surface area contributed by atoms with Gasteiger partial charge in [0.25, 0.3) is 5.56 Å². The smallest absolute Gasteiger partial charge is 0.327 e. The molecular formula is C10H12N4O6. The molecule has 108 valence electrons. The number of aromatic amines is 2. The molecule has 10 nitrogen and oxygen atoms in total. The average molecular weight is 284 g/mol. The van der Waals surface area contributed by atoms with E-state index >= 15 is 0 Å². The number of aliphatic hydroxyl groups excluding tert-OH is 4. The number of hydrogen-bond acceptors (Lipinski definition) is 8. The summed E-state index contributed by atoms with van der Waals surface area (Å²) in [6.45, 7) is -0.754. The summed E-state index contributed by atoms with van der Waals surface area (Å²) in [4.78, 5) is 34.2. The standard InChI is InChI=1S/C10H12N4O6/c15-2-4(16)7(18)6(17)3-1-11-5-8(12-3)13-10(20)14-9(5)19/h1,4,6-7,15-18H,2H2,(H2,12,13,14,19,20). The Kier molecular flexibility index (Phi) is 3.90. The van der Waals surface area contributed by atoms with E-state index in [-0.39, 0.29) is 16.9 Å². The SMILES string of the molecule is O=c1[nH]c(=O)c2ncc(C(O)C(O)C(O)CO)nc2[nH]1. The van der Waals surface area contributed by atoms with Crippen molar-refractivity contribution in [2.75, 3.05) is 6.61 Å². The largest absolute Gasteiger partial charge is 0.394 e. The lowest BCUT2D eigenvalue weighted by Crippen LogP contribution is -2.35. The quantitative estimate of drug-likeness (QED) is 0.339. The van der Waals surface area contributed by atoms with E-state index < -0.39 is 36.2 Å². The van der Waals surface area contributed by atoms with Gasteiger partial charge in [0.2, 0.25) is 0 Å². The van der Waals surface area contributed by atoms with Crippen LogP contribution in [0.2, 0.25) is 0 Å². The first-order chi connectivity index (χ1) is 9.43. The van der Waals surface area contributed by atoms with Crippen molar-refractivity contribution in [3.63, 3.8) is 0 Å². The second kappa shape index (κ2) is 5.46. The summed E-state index contributed by atoms with van der Waals surface area (Å²) in [5, 5.41) is 37.3. The Hall–Kier alpha value is -2.14. The molecule has 0 bridgehead atoms. The third-order valence-corrected chi connectivity index (χ3v) is 2.67. The first kappa shape index (κ1) is 14.3. The van der Waals surface area contributed by atoms with Crippen LogP contribution < -0.4 is 11.2 Å². The van der Waals surface area contributed by atoms with Gasteiger partial charge >= 0.3 is 5.69 Å². The van der Waals surface area contributed by atoms with Gasteiger partial charge in [0.15, 0.2) is 11.2 Å². The lowest BCUT2D eigenvalue weighted by Gasteiger charge is -2.20. The lowest BCUT2D eigenvalue weighted by molar-refractivity contribution is -0.0789. The minimum atomic E-state index is -1.69. The van der Waals surface area contributed by atoms with Crippen molar-refractivity contribution < 1.29 is 20.4 Å². The topological polar surface area (TPSA) is 172 Å². The zero-order valence-electron chi connectivity index (χ0n) is 10.0. The van der Waals surface area contributed by atoms with Gasteiger partial charge in [-0.15, -0.1) is 0 Å². The fraction of sp³-hybridized carbons (Fsp3) is 0.400. The van der Waals surface area contributed by atoms with Crippen molar-refractivity contribution in [1.82, 2.24) is 19.9 Å². The van der Waals surface area contributed by atoms with Crippen molar-refractivity contribution in [3.05, 3.63) is 32.7 Å². The third kappa shape index (κ3) is 2.58. The Balaban J connectivity index is 2.46. The first-order valence-corrected chi connectivity index (χ1v) is 5.58. The molecule has 3 unspecified atom stereocenters. The fourth-order valence-electron chi connectivity index (χ4n) is 1.59. The molecule has 3 atom stereocenters. The Labute approximate surface area is 110 Å². The maximum absolute atomic E-state index is 11.4. The Morgan fingerprint density at radius 1 is 1.20 bits per heavy atom. The van der Waals surface area contributed by atoms with Crippen LogP contribution in [0.4, 0.5) is 0 Å². The van der Waals surface area contributed by atoms with Crippen LogP contribution in [0.5, 0.6) is 0 Å². The number of nitrogens with one attached hydrogen (secondary N) is 2. The minimum absolute atomic E-state index is 0.141. The number of nitrogens with zero attached hydrogens (tertiary/aromatic N) is 2. The number of aliphatic hydroxyl groups is 4. The van der Waals surface area contributed by atoms with Crippen molar-refractivity contribution in [2.45, 2.75) is 18.3 Å². The maximum Gasteiger partial charge on any atom is 0.327 e. The number of fused-ring (bicyclic) bond motifs is 1. The van der Waals surface area contributed by atoms with Crippen molar-refractivity contribution >= 4 is 11.2 Å². The van der Waals surface area contributed by atoms with E-state index in [4.69, 9.17) is 5.11 Å².